The number of hydrogen-bond acceptors (Lipinski definition) is 5. The fourth-order valence-corrected chi connectivity index (χ4v) is 5.28. The molecule has 0 aromatic heterocycles. The molecule has 23 heavy (non-hydrogen) atoms. The Hall–Kier alpha value is 1.41. The molecule has 0 spiro atoms. The maximum atomic E-state index is 11.9. The molecular weight excluding hydrogens is 431 g/mol. The number of rotatable bonds is 14. The van der Waals surface area contributed by atoms with Gasteiger partial charge in [0.25, 0.3) is 0 Å². The van der Waals surface area contributed by atoms with Crippen LogP contribution in [0.15, 0.2) is 0 Å². The van der Waals surface area contributed by atoms with Crippen molar-refractivity contribution in [2.24, 2.45) is 0 Å². The van der Waals surface area contributed by atoms with E-state index in [4.69, 9.17) is 0 Å². The van der Waals surface area contributed by atoms with Gasteiger partial charge in [-0.25, -0.2) is 0 Å². The minimum absolute atomic E-state index is 1.09. The first-order valence-corrected chi connectivity index (χ1v) is 16.2. The summed E-state index contributed by atoms with van der Waals surface area (Å²) in [6.45, 7) is 4.51. The molecule has 0 fully saturated rings. The molecule has 0 aliphatic carbocycles. The van der Waals surface area contributed by atoms with Crippen molar-refractivity contribution in [3.63, 3.8) is 0 Å². The SMILES string of the molecule is CCCCCCC[CH2][Mo+3](=[O])[CH2]CCCCCCC.[O-]P([O-])(=S)[S-]. The van der Waals surface area contributed by atoms with Crippen molar-refractivity contribution in [2.45, 2.75) is 101 Å². The zero-order valence-electron chi connectivity index (χ0n) is 14.8. The monoisotopic (exact) mass is 467 g/mol. The molecule has 3 nitrogen and oxygen atoms in total. The minimum Gasteiger partial charge on any atom is -0.850 e. The summed E-state index contributed by atoms with van der Waals surface area (Å²) in [5.74, 6) is 0. The Morgan fingerprint density at radius 3 is 1.35 bits per heavy atom. The Morgan fingerprint density at radius 2 is 1.04 bits per heavy atom. The summed E-state index contributed by atoms with van der Waals surface area (Å²) in [7, 11) is 0. The molecular formula is C16H34MoO3PS2. The zero-order valence-corrected chi connectivity index (χ0v) is 19.3. The third-order valence-electron chi connectivity index (χ3n) is 3.45. The first-order valence-electron chi connectivity index (χ1n) is 8.89. The van der Waals surface area contributed by atoms with Crippen molar-refractivity contribution < 1.29 is 30.5 Å². The quantitative estimate of drug-likeness (QED) is 0.157. The van der Waals surface area contributed by atoms with Crippen LogP contribution in [-0.4, -0.2) is 0 Å². The summed E-state index contributed by atoms with van der Waals surface area (Å²) in [6.07, 6.45) is 16.0. The molecule has 139 valence electrons. The first kappa shape index (κ1) is 26.6. The topological polar surface area (TPSA) is 63.2 Å². The smallest absolute Gasteiger partial charge is 0.160 e. The molecule has 0 atom stereocenters. The first-order chi connectivity index (χ1) is 10.8. The van der Waals surface area contributed by atoms with Crippen LogP contribution in [0.2, 0.25) is 9.62 Å². The second-order valence-electron chi connectivity index (χ2n) is 5.83. The summed E-state index contributed by atoms with van der Waals surface area (Å²) in [4.78, 5) is 20.8. The van der Waals surface area contributed by atoms with Gasteiger partial charge < -0.3 is 27.7 Å². The molecule has 0 aromatic rings. The van der Waals surface area contributed by atoms with Gasteiger partial charge in [0.15, 0.2) is 0 Å². The molecule has 0 amide bonds. The average Bonchev–Trinajstić information content (AvgIpc) is 2.44. The summed E-state index contributed by atoms with van der Waals surface area (Å²) in [5, 5.41) is 0. The van der Waals surface area contributed by atoms with Gasteiger partial charge >= 0.3 is 121 Å². The van der Waals surface area contributed by atoms with E-state index in [1.54, 1.807) is 0 Å². The second kappa shape index (κ2) is 19.7. The molecule has 7 heteroatoms. The van der Waals surface area contributed by atoms with Crippen LogP contribution < -0.4 is 9.79 Å². The normalized spacial score (nSPS) is 11.0. The van der Waals surface area contributed by atoms with Gasteiger partial charge in [-0.2, -0.15) is 11.8 Å². The van der Waals surface area contributed by atoms with Crippen molar-refractivity contribution in [1.82, 2.24) is 0 Å². The van der Waals surface area contributed by atoms with Crippen LogP contribution in [0.1, 0.15) is 90.9 Å². The van der Waals surface area contributed by atoms with E-state index in [0.29, 0.717) is 0 Å². The van der Waals surface area contributed by atoms with Crippen molar-refractivity contribution in [3.05, 3.63) is 0 Å². The molecule has 0 radical (unpaired) electrons. The van der Waals surface area contributed by atoms with Gasteiger partial charge in [-0.15, -0.1) is 0 Å². The Kier molecular flexibility index (Phi) is 22.8. The maximum Gasteiger partial charge on any atom is -0.160 e. The van der Waals surface area contributed by atoms with Crippen LogP contribution in [0.4, 0.5) is 0 Å². The van der Waals surface area contributed by atoms with Gasteiger partial charge in [0.05, 0.1) is 0 Å². The van der Waals surface area contributed by atoms with E-state index < -0.39 is 23.0 Å². The fourth-order valence-electron chi connectivity index (χ4n) is 2.19. The number of hydrogen-bond donors (Lipinski definition) is 0. The van der Waals surface area contributed by atoms with Crippen LogP contribution in [0, 0.1) is 0 Å². The number of unbranched alkanes of at least 4 members (excludes halogenated alkanes) is 10. The van der Waals surface area contributed by atoms with Crippen molar-refractivity contribution >= 4 is 29.7 Å². The molecule has 0 aromatic carbocycles. The van der Waals surface area contributed by atoms with Crippen molar-refractivity contribution in [2.75, 3.05) is 0 Å². The van der Waals surface area contributed by atoms with E-state index in [1.807, 2.05) is 0 Å². The minimum atomic E-state index is -3.72. The predicted octanol–water partition coefficient (Wildman–Crippen LogP) is 4.99. The van der Waals surface area contributed by atoms with Crippen LogP contribution in [-0.2, 0) is 44.7 Å². The van der Waals surface area contributed by atoms with E-state index in [2.05, 4.69) is 37.9 Å². The molecule has 0 bridgehead atoms. The largest absolute Gasteiger partial charge is 0.850 e. The van der Waals surface area contributed by atoms with E-state index in [-0.39, 0.29) is 0 Å². The van der Waals surface area contributed by atoms with Crippen LogP contribution in [0.5, 0.6) is 0 Å². The van der Waals surface area contributed by atoms with Gasteiger partial charge in [0.1, 0.15) is 0 Å². The third kappa shape index (κ3) is 35.4. The van der Waals surface area contributed by atoms with E-state index in [0.717, 1.165) is 9.62 Å². The molecule has 0 N–H and O–H groups in total. The molecule has 0 unspecified atom stereocenters. The van der Waals surface area contributed by atoms with Gasteiger partial charge in [0.2, 0.25) is 0 Å². The van der Waals surface area contributed by atoms with Gasteiger partial charge in [-0.05, 0) is 0 Å². The van der Waals surface area contributed by atoms with Crippen molar-refractivity contribution in [1.29, 1.82) is 0 Å². The van der Waals surface area contributed by atoms with E-state index in [9.17, 15) is 13.2 Å². The molecule has 0 saturated heterocycles. The third-order valence-corrected chi connectivity index (χ3v) is 7.11. The average molecular weight is 465 g/mol. The van der Waals surface area contributed by atoms with Gasteiger partial charge in [-0.3, -0.25) is 0 Å². The summed E-state index contributed by atoms with van der Waals surface area (Å²) in [5.41, 5.74) is -3.72. The van der Waals surface area contributed by atoms with Gasteiger partial charge in [0, 0.05) is 0 Å². The Labute approximate surface area is 160 Å². The summed E-state index contributed by atoms with van der Waals surface area (Å²) in [6, 6.07) is 0. The van der Waals surface area contributed by atoms with Crippen molar-refractivity contribution in [3.8, 4) is 0 Å². The molecule has 0 saturated carbocycles. The van der Waals surface area contributed by atoms with Gasteiger partial charge in [-0.1, -0.05) is 0 Å². The second-order valence-corrected chi connectivity index (χ2v) is 14.5. The summed E-state index contributed by atoms with van der Waals surface area (Å²) >= 11 is 5.42. The molecule has 0 aliphatic heterocycles. The van der Waals surface area contributed by atoms with E-state index in [1.165, 1.54) is 77.0 Å². The van der Waals surface area contributed by atoms with E-state index >= 15 is 0 Å². The Balaban J connectivity index is 0. The van der Waals surface area contributed by atoms with Crippen LogP contribution >= 0.6 is 5.69 Å². The Bertz CT molecular complexity index is 285. The molecule has 0 heterocycles. The van der Waals surface area contributed by atoms with Crippen LogP contribution in [0.25, 0.3) is 0 Å². The maximum absolute atomic E-state index is 11.9. The van der Waals surface area contributed by atoms with Crippen LogP contribution in [0.3, 0.4) is 0 Å². The summed E-state index contributed by atoms with van der Waals surface area (Å²) < 4.78 is 11.9. The predicted molar refractivity (Wildman–Crippen MR) is 98.7 cm³/mol. The Morgan fingerprint density at radius 1 is 0.783 bits per heavy atom. The standard InChI is InChI=1S/2C8H17.Mo.H3O2PS2.O/c2*1-3-5-7-8-6-4-2;;1-3(2,4)5;/h2*1,3-8H2,2H3;;(H3,1,2,4,5);/q;;+3;;/p-3. The molecule has 0 aliphatic rings. The molecule has 0 rings (SSSR count). The zero-order chi connectivity index (χ0) is 18.0. The fraction of sp³-hybridized carbons (Fsp3) is 1.00.